The normalized spacial score (nSPS) is 22.5. The second-order valence-corrected chi connectivity index (χ2v) is 7.03. The van der Waals surface area contributed by atoms with Crippen LogP contribution in [0.4, 0.5) is 11.5 Å². The number of piperidine rings is 1. The molecule has 0 spiro atoms. The first-order chi connectivity index (χ1) is 12.2. The van der Waals surface area contributed by atoms with Crippen LogP contribution in [0.1, 0.15) is 36.4 Å². The lowest BCUT2D eigenvalue weighted by atomic mass is 9.97. The highest BCUT2D eigenvalue weighted by Crippen LogP contribution is 2.33. The third-order valence-corrected chi connectivity index (χ3v) is 5.37. The number of nitrogens with zero attached hydrogens (tertiary/aromatic N) is 2. The molecule has 5 nitrogen and oxygen atoms in total. The quantitative estimate of drug-likeness (QED) is 0.900. The predicted octanol–water partition coefficient (Wildman–Crippen LogP) is 2.88. The molecule has 25 heavy (non-hydrogen) atoms. The number of benzene rings is 1. The highest BCUT2D eigenvalue weighted by Gasteiger charge is 2.25. The molecule has 2 aromatic rings. The maximum Gasteiger partial charge on any atom is 0.222 e. The molecule has 2 atom stereocenters. The molecule has 1 aliphatic heterocycles. The lowest BCUT2D eigenvalue weighted by molar-refractivity contribution is -0.122. The van der Waals surface area contributed by atoms with Gasteiger partial charge in [0, 0.05) is 13.1 Å². The fourth-order valence-corrected chi connectivity index (χ4v) is 3.98. The van der Waals surface area contributed by atoms with Crippen LogP contribution < -0.4 is 16.0 Å². The summed E-state index contributed by atoms with van der Waals surface area (Å²) in [5.41, 5.74) is 9.34. The molecule has 1 saturated heterocycles. The van der Waals surface area contributed by atoms with Crippen LogP contribution in [-0.4, -0.2) is 24.0 Å². The third kappa shape index (κ3) is 3.31. The molecule has 1 fully saturated rings. The maximum absolute atomic E-state index is 11.4. The first-order valence-electron chi connectivity index (χ1n) is 9.05. The zero-order valence-corrected chi connectivity index (χ0v) is 14.3. The van der Waals surface area contributed by atoms with E-state index in [1.165, 1.54) is 11.1 Å². The Labute approximate surface area is 148 Å². The van der Waals surface area contributed by atoms with E-state index in [1.54, 1.807) is 0 Å². The van der Waals surface area contributed by atoms with Gasteiger partial charge in [-0.3, -0.25) is 4.79 Å². The number of hydrogen-bond donors (Lipinski definition) is 2. The zero-order valence-electron chi connectivity index (χ0n) is 14.3. The Balaban J connectivity index is 1.43. The summed E-state index contributed by atoms with van der Waals surface area (Å²) in [6, 6.07) is 13.1. The van der Waals surface area contributed by atoms with Crippen molar-refractivity contribution in [2.24, 2.45) is 11.7 Å². The number of rotatable bonds is 4. The second-order valence-electron chi connectivity index (χ2n) is 7.03. The molecule has 2 aliphatic rings. The van der Waals surface area contributed by atoms with E-state index in [9.17, 15) is 4.79 Å². The van der Waals surface area contributed by atoms with E-state index < -0.39 is 0 Å². The Hall–Kier alpha value is -2.56. The van der Waals surface area contributed by atoms with Crippen molar-refractivity contribution in [1.29, 1.82) is 0 Å². The van der Waals surface area contributed by atoms with E-state index in [4.69, 9.17) is 5.73 Å². The first-order valence-corrected chi connectivity index (χ1v) is 9.05. The summed E-state index contributed by atoms with van der Waals surface area (Å²) < 4.78 is 0. The minimum Gasteiger partial charge on any atom is -0.377 e. The van der Waals surface area contributed by atoms with Gasteiger partial charge in [-0.15, -0.1) is 0 Å². The summed E-state index contributed by atoms with van der Waals surface area (Å²) in [5, 5.41) is 3.60. The van der Waals surface area contributed by atoms with Crippen LogP contribution in [0.3, 0.4) is 0 Å². The summed E-state index contributed by atoms with van der Waals surface area (Å²) in [5.74, 6) is 0.648. The van der Waals surface area contributed by atoms with Gasteiger partial charge in [-0.25, -0.2) is 4.98 Å². The molecule has 1 aromatic heterocycles. The number of nitrogens with two attached hydrogens (primary N) is 1. The fraction of sp³-hybridized carbons (Fsp3) is 0.400. The smallest absolute Gasteiger partial charge is 0.222 e. The van der Waals surface area contributed by atoms with Crippen LogP contribution in [0.2, 0.25) is 0 Å². The number of aromatic nitrogens is 1. The number of pyridine rings is 1. The standard InChI is InChI=1S/C20H24N4O/c21-20(25)15-5-3-11-24(13-15)19-10-8-16(12-22-19)23-18-9-7-14-4-1-2-6-17(14)18/h1-2,4,6,8,10,12,15,18,23H,3,5,7,9,11,13H2,(H2,21,25)/t15-,18-/m0/s1. The maximum atomic E-state index is 11.4. The summed E-state index contributed by atoms with van der Waals surface area (Å²) in [6.45, 7) is 1.60. The van der Waals surface area contributed by atoms with Gasteiger partial charge in [0.2, 0.25) is 5.91 Å². The largest absolute Gasteiger partial charge is 0.377 e. The van der Waals surface area contributed by atoms with E-state index in [-0.39, 0.29) is 11.8 Å². The van der Waals surface area contributed by atoms with E-state index in [1.807, 2.05) is 12.3 Å². The van der Waals surface area contributed by atoms with Gasteiger partial charge in [-0.1, -0.05) is 24.3 Å². The Kier molecular flexibility index (Phi) is 4.30. The van der Waals surface area contributed by atoms with Crippen molar-refractivity contribution in [2.75, 3.05) is 23.3 Å². The van der Waals surface area contributed by atoms with Crippen molar-refractivity contribution in [3.63, 3.8) is 0 Å². The molecule has 0 unspecified atom stereocenters. The SMILES string of the molecule is NC(=O)[C@H]1CCCN(c2ccc(N[C@H]3CCc4ccccc43)cn2)C1. The number of primary amides is 1. The third-order valence-electron chi connectivity index (χ3n) is 5.37. The number of aryl methyl sites for hydroxylation is 1. The van der Waals surface area contributed by atoms with Crippen LogP contribution in [-0.2, 0) is 11.2 Å². The van der Waals surface area contributed by atoms with Gasteiger partial charge in [-0.05, 0) is 48.9 Å². The summed E-state index contributed by atoms with van der Waals surface area (Å²) in [7, 11) is 0. The number of amides is 1. The highest BCUT2D eigenvalue weighted by molar-refractivity contribution is 5.77. The minimum atomic E-state index is -0.206. The molecule has 0 saturated carbocycles. The van der Waals surface area contributed by atoms with Crippen LogP contribution in [0.15, 0.2) is 42.6 Å². The Bertz CT molecular complexity index is 759. The van der Waals surface area contributed by atoms with E-state index in [2.05, 4.69) is 45.5 Å². The Morgan fingerprint density at radius 3 is 2.88 bits per heavy atom. The predicted molar refractivity (Wildman–Crippen MR) is 99.5 cm³/mol. The average molecular weight is 336 g/mol. The van der Waals surface area contributed by atoms with Crippen molar-refractivity contribution in [3.05, 3.63) is 53.7 Å². The van der Waals surface area contributed by atoms with Crippen molar-refractivity contribution >= 4 is 17.4 Å². The van der Waals surface area contributed by atoms with Gasteiger partial charge in [0.15, 0.2) is 0 Å². The average Bonchev–Trinajstić information content (AvgIpc) is 3.05. The van der Waals surface area contributed by atoms with Crippen LogP contribution >= 0.6 is 0 Å². The van der Waals surface area contributed by atoms with Crippen LogP contribution in [0.5, 0.6) is 0 Å². The highest BCUT2D eigenvalue weighted by atomic mass is 16.1. The molecule has 0 radical (unpaired) electrons. The zero-order chi connectivity index (χ0) is 17.2. The van der Waals surface area contributed by atoms with Gasteiger partial charge in [0.05, 0.1) is 23.8 Å². The number of carbonyl (C=O) groups excluding carboxylic acids is 1. The molecule has 1 aliphatic carbocycles. The van der Waals surface area contributed by atoms with Gasteiger partial charge in [-0.2, -0.15) is 0 Å². The molecule has 0 bridgehead atoms. The number of nitrogens with one attached hydrogen (secondary N) is 1. The lowest BCUT2D eigenvalue weighted by Gasteiger charge is -2.32. The topological polar surface area (TPSA) is 71.2 Å². The molecule has 5 heteroatoms. The number of hydrogen-bond acceptors (Lipinski definition) is 4. The molecule has 3 N–H and O–H groups in total. The first kappa shape index (κ1) is 15.9. The minimum absolute atomic E-state index is 0.0664. The molecule has 1 aromatic carbocycles. The monoisotopic (exact) mass is 336 g/mol. The van der Waals surface area contributed by atoms with Crippen molar-refractivity contribution in [3.8, 4) is 0 Å². The molecular weight excluding hydrogens is 312 g/mol. The molecule has 130 valence electrons. The molecule has 2 heterocycles. The van der Waals surface area contributed by atoms with Crippen LogP contribution in [0, 0.1) is 5.92 Å². The molecule has 1 amide bonds. The van der Waals surface area contributed by atoms with E-state index >= 15 is 0 Å². The van der Waals surface area contributed by atoms with Gasteiger partial charge >= 0.3 is 0 Å². The Morgan fingerprint density at radius 2 is 2.08 bits per heavy atom. The Morgan fingerprint density at radius 1 is 1.20 bits per heavy atom. The van der Waals surface area contributed by atoms with Gasteiger partial charge in [0.25, 0.3) is 0 Å². The molecule has 4 rings (SSSR count). The second kappa shape index (κ2) is 6.75. The van der Waals surface area contributed by atoms with Crippen molar-refractivity contribution < 1.29 is 4.79 Å². The van der Waals surface area contributed by atoms with Crippen LogP contribution in [0.25, 0.3) is 0 Å². The number of anilines is 2. The van der Waals surface area contributed by atoms with Crippen molar-refractivity contribution in [1.82, 2.24) is 4.98 Å². The van der Waals surface area contributed by atoms with Crippen molar-refractivity contribution in [2.45, 2.75) is 31.7 Å². The number of fused-ring (bicyclic) bond motifs is 1. The number of carbonyl (C=O) groups is 1. The van der Waals surface area contributed by atoms with Gasteiger partial charge < -0.3 is 16.0 Å². The summed E-state index contributed by atoms with van der Waals surface area (Å²) >= 11 is 0. The molecular formula is C20H24N4O. The fourth-order valence-electron chi connectivity index (χ4n) is 3.98. The summed E-state index contributed by atoms with van der Waals surface area (Å²) in [6.07, 6.45) is 6.00. The van der Waals surface area contributed by atoms with Gasteiger partial charge in [0.1, 0.15) is 5.82 Å². The lowest BCUT2D eigenvalue weighted by Crippen LogP contribution is -2.41. The van der Waals surface area contributed by atoms with E-state index in [0.717, 1.165) is 43.7 Å². The summed E-state index contributed by atoms with van der Waals surface area (Å²) in [4.78, 5) is 18.2. The van der Waals surface area contributed by atoms with E-state index in [0.29, 0.717) is 12.6 Å².